The van der Waals surface area contributed by atoms with Crippen molar-refractivity contribution in [2.24, 2.45) is 0 Å². The first-order valence-corrected chi connectivity index (χ1v) is 16.2. The monoisotopic (exact) mass is 639 g/mol. The Morgan fingerprint density at radius 3 is 2.18 bits per heavy atom. The first kappa shape index (κ1) is 35.0. The molecule has 2 aromatic rings. The summed E-state index contributed by atoms with van der Waals surface area (Å²) in [5.41, 5.74) is 0.926. The molecule has 1 aliphatic rings. The van der Waals surface area contributed by atoms with E-state index in [1.807, 2.05) is 24.3 Å². The van der Waals surface area contributed by atoms with E-state index in [9.17, 15) is 36.0 Å². The van der Waals surface area contributed by atoms with Gasteiger partial charge < -0.3 is 15.0 Å². The summed E-state index contributed by atoms with van der Waals surface area (Å²) in [7, 11) is -4.38. The van der Waals surface area contributed by atoms with Gasteiger partial charge in [0.1, 0.15) is 6.04 Å². The molecule has 0 spiro atoms. The van der Waals surface area contributed by atoms with Crippen LogP contribution in [0.15, 0.2) is 53.4 Å². The number of esters is 1. The second-order valence-electron chi connectivity index (χ2n) is 11.0. The number of carbonyl (C=O) groups excluding carboxylic acids is 3. The van der Waals surface area contributed by atoms with E-state index in [4.69, 9.17) is 4.74 Å². The summed E-state index contributed by atoms with van der Waals surface area (Å²) in [6.07, 6.45) is -2.54. The van der Waals surface area contributed by atoms with Crippen LogP contribution >= 0.6 is 0 Å². The van der Waals surface area contributed by atoms with Crippen LogP contribution in [-0.2, 0) is 41.9 Å². The number of sulfonamides is 1. The summed E-state index contributed by atoms with van der Waals surface area (Å²) in [4.78, 5) is 39.0. The van der Waals surface area contributed by atoms with Crippen LogP contribution in [0.1, 0.15) is 75.5 Å². The van der Waals surface area contributed by atoms with Crippen molar-refractivity contribution in [3.63, 3.8) is 0 Å². The van der Waals surface area contributed by atoms with Gasteiger partial charge in [-0.1, -0.05) is 44.5 Å². The zero-order chi connectivity index (χ0) is 32.5. The van der Waals surface area contributed by atoms with Gasteiger partial charge in [-0.25, -0.2) is 8.42 Å². The molecule has 1 heterocycles. The number of amides is 2. The molecule has 0 aromatic heterocycles. The van der Waals surface area contributed by atoms with Crippen LogP contribution in [0.3, 0.4) is 0 Å². The van der Waals surface area contributed by atoms with E-state index in [2.05, 4.69) is 19.2 Å². The number of nitrogens with one attached hydrogen (secondary N) is 1. The number of unbranched alkanes of at least 4 members (excludes halogenated alkanes) is 2. The molecule has 1 saturated heterocycles. The zero-order valence-corrected chi connectivity index (χ0v) is 26.0. The SMILES string of the molecule is CCOC(=O)CCCCCC(=O)N1CCN(S(=O)(=O)c2ccc(C(F)(F)F)cc2)C(C(=O)NCc2ccc(C(C)C)cc2)C1. The first-order chi connectivity index (χ1) is 20.7. The highest BCUT2D eigenvalue weighted by Crippen LogP contribution is 2.31. The van der Waals surface area contributed by atoms with E-state index in [-0.39, 0.29) is 55.8 Å². The normalized spacial score (nSPS) is 16.2. The third kappa shape index (κ3) is 9.52. The number of halogens is 3. The van der Waals surface area contributed by atoms with Crippen molar-refractivity contribution in [3.05, 3.63) is 65.2 Å². The number of piperazine rings is 1. The molecule has 1 fully saturated rings. The van der Waals surface area contributed by atoms with E-state index in [0.717, 1.165) is 27.6 Å². The van der Waals surface area contributed by atoms with Crippen molar-refractivity contribution in [1.29, 1.82) is 0 Å². The topological polar surface area (TPSA) is 113 Å². The molecule has 0 aliphatic carbocycles. The van der Waals surface area contributed by atoms with Crippen molar-refractivity contribution >= 4 is 27.8 Å². The molecule has 1 N–H and O–H groups in total. The average molecular weight is 640 g/mol. The number of benzene rings is 2. The van der Waals surface area contributed by atoms with Gasteiger partial charge >= 0.3 is 12.1 Å². The van der Waals surface area contributed by atoms with E-state index < -0.39 is 33.7 Å². The Morgan fingerprint density at radius 1 is 0.955 bits per heavy atom. The summed E-state index contributed by atoms with van der Waals surface area (Å²) in [5, 5.41) is 2.76. The van der Waals surface area contributed by atoms with Gasteiger partial charge in [-0.05, 0) is 61.1 Å². The van der Waals surface area contributed by atoms with Crippen LogP contribution < -0.4 is 5.32 Å². The number of alkyl halides is 3. The average Bonchev–Trinajstić information content (AvgIpc) is 2.99. The Balaban J connectivity index is 1.73. The lowest BCUT2D eigenvalue weighted by atomic mass is 10.0. The minimum atomic E-state index is -4.64. The number of nitrogens with zero attached hydrogens (tertiary/aromatic N) is 2. The number of carbonyl (C=O) groups is 3. The fourth-order valence-electron chi connectivity index (χ4n) is 4.89. The highest BCUT2D eigenvalue weighted by atomic mass is 32.2. The van der Waals surface area contributed by atoms with Gasteiger partial charge in [-0.2, -0.15) is 17.5 Å². The summed E-state index contributed by atoms with van der Waals surface area (Å²) < 4.78 is 72.2. The largest absolute Gasteiger partial charge is 0.466 e. The molecule has 0 saturated carbocycles. The Morgan fingerprint density at radius 2 is 1.59 bits per heavy atom. The van der Waals surface area contributed by atoms with Gasteiger partial charge in [0.25, 0.3) is 0 Å². The number of hydrogen-bond acceptors (Lipinski definition) is 6. The fourth-order valence-corrected chi connectivity index (χ4v) is 6.46. The highest BCUT2D eigenvalue weighted by Gasteiger charge is 2.41. The second-order valence-corrected chi connectivity index (χ2v) is 12.9. The summed E-state index contributed by atoms with van der Waals surface area (Å²) in [5.74, 6) is -0.852. The van der Waals surface area contributed by atoms with Crippen LogP contribution in [0.25, 0.3) is 0 Å². The smallest absolute Gasteiger partial charge is 0.416 e. The van der Waals surface area contributed by atoms with Gasteiger partial charge in [0, 0.05) is 39.0 Å². The third-order valence-corrected chi connectivity index (χ3v) is 9.39. The summed E-state index contributed by atoms with van der Waals surface area (Å²) in [6.45, 7) is 5.86. The second kappa shape index (κ2) is 15.5. The number of ether oxygens (including phenoxy) is 1. The zero-order valence-electron chi connectivity index (χ0n) is 25.2. The Kier molecular flexibility index (Phi) is 12.4. The van der Waals surface area contributed by atoms with Crippen molar-refractivity contribution < 1.29 is 40.7 Å². The molecule has 1 unspecified atom stereocenters. The first-order valence-electron chi connectivity index (χ1n) is 14.7. The molecule has 242 valence electrons. The predicted molar refractivity (Wildman–Crippen MR) is 158 cm³/mol. The van der Waals surface area contributed by atoms with Crippen LogP contribution in [0.5, 0.6) is 0 Å². The van der Waals surface area contributed by atoms with Crippen LogP contribution in [-0.4, -0.2) is 67.7 Å². The van der Waals surface area contributed by atoms with E-state index >= 15 is 0 Å². The molecule has 2 aromatic carbocycles. The molecular formula is C31H40F3N3O6S. The van der Waals surface area contributed by atoms with Gasteiger partial charge in [0.2, 0.25) is 21.8 Å². The Labute approximate surface area is 256 Å². The third-order valence-electron chi connectivity index (χ3n) is 7.46. The lowest BCUT2D eigenvalue weighted by Crippen LogP contribution is -2.61. The molecule has 2 amide bonds. The standard InChI is InChI=1S/C31H40F3N3O6S/c1-4-43-29(39)9-7-5-6-8-28(38)36-18-19-37(44(41,42)26-16-14-25(15-17-26)31(32,33)34)27(21-36)30(40)35-20-23-10-12-24(13-11-23)22(2)3/h10-17,22,27H,4-9,18-21H2,1-3H3,(H,35,40). The fraction of sp³-hybridized carbons (Fsp3) is 0.516. The molecule has 1 atom stereocenters. The molecule has 9 nitrogen and oxygen atoms in total. The highest BCUT2D eigenvalue weighted by molar-refractivity contribution is 7.89. The maximum Gasteiger partial charge on any atom is 0.416 e. The van der Waals surface area contributed by atoms with E-state index in [1.165, 1.54) is 4.90 Å². The van der Waals surface area contributed by atoms with Crippen LogP contribution in [0.4, 0.5) is 13.2 Å². The quantitative estimate of drug-likeness (QED) is 0.248. The number of rotatable bonds is 13. The summed E-state index contributed by atoms with van der Waals surface area (Å²) in [6, 6.07) is 9.45. The van der Waals surface area contributed by atoms with Gasteiger partial charge in [0.15, 0.2) is 0 Å². The molecule has 13 heteroatoms. The Bertz CT molecular complexity index is 1380. The van der Waals surface area contributed by atoms with Gasteiger partial charge in [-0.3, -0.25) is 14.4 Å². The molecule has 1 aliphatic heterocycles. The van der Waals surface area contributed by atoms with Gasteiger partial charge in [-0.15, -0.1) is 0 Å². The van der Waals surface area contributed by atoms with E-state index in [1.54, 1.807) is 6.92 Å². The Hall–Kier alpha value is -3.45. The van der Waals surface area contributed by atoms with Crippen molar-refractivity contribution in [2.75, 3.05) is 26.2 Å². The van der Waals surface area contributed by atoms with E-state index in [0.29, 0.717) is 43.9 Å². The molecular weight excluding hydrogens is 599 g/mol. The lowest BCUT2D eigenvalue weighted by Gasteiger charge is -2.39. The summed E-state index contributed by atoms with van der Waals surface area (Å²) >= 11 is 0. The van der Waals surface area contributed by atoms with Gasteiger partial charge in [0.05, 0.1) is 17.1 Å². The maximum atomic E-state index is 13.6. The van der Waals surface area contributed by atoms with Crippen molar-refractivity contribution in [1.82, 2.24) is 14.5 Å². The van der Waals surface area contributed by atoms with Crippen LogP contribution in [0, 0.1) is 0 Å². The number of hydrogen-bond donors (Lipinski definition) is 1. The molecule has 0 bridgehead atoms. The van der Waals surface area contributed by atoms with Crippen LogP contribution in [0.2, 0.25) is 0 Å². The minimum absolute atomic E-state index is 0.0158. The predicted octanol–water partition coefficient (Wildman–Crippen LogP) is 4.86. The molecule has 44 heavy (non-hydrogen) atoms. The molecule has 3 rings (SSSR count). The maximum absolute atomic E-state index is 13.6. The molecule has 0 radical (unpaired) electrons. The van der Waals surface area contributed by atoms with Crippen molar-refractivity contribution in [2.45, 2.75) is 82.5 Å². The minimum Gasteiger partial charge on any atom is -0.466 e. The lowest BCUT2D eigenvalue weighted by molar-refractivity contribution is -0.143. The van der Waals surface area contributed by atoms with Crippen molar-refractivity contribution in [3.8, 4) is 0 Å².